The van der Waals surface area contributed by atoms with Crippen LogP contribution in [0.4, 0.5) is 23.1 Å². The van der Waals surface area contributed by atoms with Crippen molar-refractivity contribution in [3.05, 3.63) is 30.0 Å². The molecule has 0 atom stereocenters. The van der Waals surface area contributed by atoms with Gasteiger partial charge in [0.2, 0.25) is 11.9 Å². The van der Waals surface area contributed by atoms with Gasteiger partial charge in [-0.15, -0.1) is 0 Å². The lowest BCUT2D eigenvalue weighted by atomic mass is 10.1. The van der Waals surface area contributed by atoms with Crippen LogP contribution in [0.15, 0.2) is 24.4 Å². The summed E-state index contributed by atoms with van der Waals surface area (Å²) in [4.78, 5) is 38.1. The minimum atomic E-state index is -0.156. The van der Waals surface area contributed by atoms with Gasteiger partial charge in [-0.3, -0.25) is 9.59 Å². The lowest BCUT2D eigenvalue weighted by Crippen LogP contribution is -2.34. The number of hydrogen-bond donors (Lipinski definition) is 2. The number of amides is 2. The van der Waals surface area contributed by atoms with E-state index in [0.717, 1.165) is 24.3 Å². The monoisotopic (exact) mass is 452 g/mol. The predicted octanol–water partition coefficient (Wildman–Crippen LogP) is 3.48. The maximum Gasteiger partial charge on any atom is 0.251 e. The van der Waals surface area contributed by atoms with E-state index in [1.165, 1.54) is 12.8 Å². The fraction of sp³-hybridized carbons (Fsp3) is 0.500. The maximum absolute atomic E-state index is 12.5. The minimum absolute atomic E-state index is 0.0436. The van der Waals surface area contributed by atoms with Crippen LogP contribution in [-0.4, -0.2) is 54.6 Å². The fourth-order valence-electron chi connectivity index (χ4n) is 4.47. The Morgan fingerprint density at radius 2 is 2.00 bits per heavy atom. The molecule has 1 saturated carbocycles. The van der Waals surface area contributed by atoms with Crippen molar-refractivity contribution in [2.24, 2.45) is 0 Å². The third-order valence-electron chi connectivity index (χ3n) is 6.22. The van der Waals surface area contributed by atoms with Gasteiger partial charge in [0.1, 0.15) is 11.4 Å². The van der Waals surface area contributed by atoms with Gasteiger partial charge in [0.25, 0.3) is 5.91 Å². The highest BCUT2D eigenvalue weighted by Crippen LogP contribution is 2.36. The van der Waals surface area contributed by atoms with Crippen molar-refractivity contribution in [1.82, 2.24) is 15.3 Å². The maximum atomic E-state index is 12.5. The number of ether oxygens (including phenoxy) is 1. The zero-order valence-corrected chi connectivity index (χ0v) is 19.7. The second-order valence-corrected chi connectivity index (χ2v) is 8.91. The summed E-state index contributed by atoms with van der Waals surface area (Å²) in [5.74, 6) is 1.62. The Kier molecular flexibility index (Phi) is 6.67. The molecule has 1 fully saturated rings. The van der Waals surface area contributed by atoms with Gasteiger partial charge in [-0.25, -0.2) is 4.98 Å². The van der Waals surface area contributed by atoms with E-state index in [2.05, 4.69) is 20.5 Å². The Balaban J connectivity index is 1.64. The summed E-state index contributed by atoms with van der Waals surface area (Å²) in [7, 11) is 3.34. The molecular weight excluding hydrogens is 420 g/mol. The SMILES string of the molecule is COc1cc(C(=O)NC(C)C)ccc1Nc1ncc2c(n1)N(C1CCCC1)CCC(=O)N2C. The Labute approximate surface area is 194 Å². The van der Waals surface area contributed by atoms with Crippen LogP contribution in [0.1, 0.15) is 56.3 Å². The highest BCUT2D eigenvalue weighted by molar-refractivity contribution is 5.97. The number of anilines is 4. The molecule has 0 radical (unpaired) electrons. The summed E-state index contributed by atoms with van der Waals surface area (Å²) in [6.45, 7) is 4.49. The topological polar surface area (TPSA) is 99.7 Å². The van der Waals surface area contributed by atoms with Gasteiger partial charge in [0.15, 0.2) is 5.82 Å². The van der Waals surface area contributed by atoms with Crippen LogP contribution in [0.5, 0.6) is 5.75 Å². The summed E-state index contributed by atoms with van der Waals surface area (Å²) in [5, 5.41) is 6.11. The average molecular weight is 453 g/mol. The number of carbonyl (C=O) groups is 2. The molecule has 4 rings (SSSR count). The fourth-order valence-corrected chi connectivity index (χ4v) is 4.47. The molecule has 1 aromatic heterocycles. The minimum Gasteiger partial charge on any atom is -0.495 e. The third kappa shape index (κ3) is 4.86. The molecule has 2 heterocycles. The summed E-state index contributed by atoms with van der Waals surface area (Å²) in [6.07, 6.45) is 6.77. The number of fused-ring (bicyclic) bond motifs is 1. The van der Waals surface area contributed by atoms with Crippen molar-refractivity contribution in [2.45, 2.75) is 58.0 Å². The summed E-state index contributed by atoms with van der Waals surface area (Å²) < 4.78 is 5.52. The largest absolute Gasteiger partial charge is 0.495 e. The van der Waals surface area contributed by atoms with Crippen LogP contribution in [0.3, 0.4) is 0 Å². The molecule has 2 N–H and O–H groups in total. The van der Waals surface area contributed by atoms with Crippen LogP contribution in [0.25, 0.3) is 0 Å². The van der Waals surface area contributed by atoms with Crippen molar-refractivity contribution < 1.29 is 14.3 Å². The van der Waals surface area contributed by atoms with Crippen molar-refractivity contribution >= 4 is 35.0 Å². The van der Waals surface area contributed by atoms with Gasteiger partial charge < -0.3 is 25.2 Å². The number of rotatable bonds is 6. The highest BCUT2D eigenvalue weighted by Gasteiger charge is 2.31. The number of nitrogens with one attached hydrogen (secondary N) is 2. The van der Waals surface area contributed by atoms with E-state index in [0.29, 0.717) is 42.0 Å². The summed E-state index contributed by atoms with van der Waals surface area (Å²) >= 11 is 0. The molecule has 33 heavy (non-hydrogen) atoms. The van der Waals surface area contributed by atoms with Gasteiger partial charge in [0.05, 0.1) is 19.0 Å². The molecule has 0 unspecified atom stereocenters. The molecule has 0 saturated heterocycles. The highest BCUT2D eigenvalue weighted by atomic mass is 16.5. The lowest BCUT2D eigenvalue weighted by molar-refractivity contribution is -0.118. The van der Waals surface area contributed by atoms with Crippen LogP contribution < -0.4 is 25.2 Å². The van der Waals surface area contributed by atoms with Crippen molar-refractivity contribution in [1.29, 1.82) is 0 Å². The number of methoxy groups -OCH3 is 1. The Bertz CT molecular complexity index is 1030. The molecule has 176 valence electrons. The Hall–Kier alpha value is -3.36. The van der Waals surface area contributed by atoms with Crippen molar-refractivity contribution in [3.63, 3.8) is 0 Å². The number of carbonyl (C=O) groups excluding carboxylic acids is 2. The molecule has 2 aromatic rings. The van der Waals surface area contributed by atoms with E-state index >= 15 is 0 Å². The normalized spacial score (nSPS) is 16.6. The zero-order valence-electron chi connectivity index (χ0n) is 19.7. The Morgan fingerprint density at radius 1 is 1.24 bits per heavy atom. The van der Waals surface area contributed by atoms with Crippen LogP contribution >= 0.6 is 0 Å². The first-order valence-electron chi connectivity index (χ1n) is 11.5. The number of benzene rings is 1. The molecule has 2 aliphatic rings. The van der Waals surface area contributed by atoms with Crippen molar-refractivity contribution in [2.75, 3.05) is 35.8 Å². The number of nitrogens with zero attached hydrogens (tertiary/aromatic N) is 4. The molecule has 1 aliphatic heterocycles. The smallest absolute Gasteiger partial charge is 0.251 e. The quantitative estimate of drug-likeness (QED) is 0.692. The van der Waals surface area contributed by atoms with Gasteiger partial charge in [-0.05, 0) is 44.9 Å². The van der Waals surface area contributed by atoms with Gasteiger partial charge in [-0.1, -0.05) is 12.8 Å². The first-order valence-corrected chi connectivity index (χ1v) is 11.5. The molecule has 9 nitrogen and oxygen atoms in total. The average Bonchev–Trinajstić information content (AvgIpc) is 3.29. The second kappa shape index (κ2) is 9.64. The van der Waals surface area contributed by atoms with Crippen molar-refractivity contribution in [3.8, 4) is 5.75 Å². The van der Waals surface area contributed by atoms with Crippen LogP contribution in [0.2, 0.25) is 0 Å². The first kappa shape index (κ1) is 22.8. The van der Waals surface area contributed by atoms with Gasteiger partial charge in [-0.2, -0.15) is 4.98 Å². The third-order valence-corrected chi connectivity index (χ3v) is 6.22. The molecule has 1 aromatic carbocycles. The molecule has 0 bridgehead atoms. The number of aromatic nitrogens is 2. The van der Waals surface area contributed by atoms with Crippen LogP contribution in [-0.2, 0) is 4.79 Å². The van der Waals surface area contributed by atoms with E-state index in [-0.39, 0.29) is 17.9 Å². The second-order valence-electron chi connectivity index (χ2n) is 8.91. The van der Waals surface area contributed by atoms with Gasteiger partial charge in [0, 0.05) is 37.7 Å². The summed E-state index contributed by atoms with van der Waals surface area (Å²) in [6, 6.07) is 5.65. The van der Waals surface area contributed by atoms with E-state index in [1.54, 1.807) is 43.5 Å². The van der Waals surface area contributed by atoms with E-state index in [1.807, 2.05) is 13.8 Å². The molecule has 1 aliphatic carbocycles. The Morgan fingerprint density at radius 3 is 2.70 bits per heavy atom. The molecular formula is C24H32N6O3. The zero-order chi connectivity index (χ0) is 23.5. The first-order chi connectivity index (χ1) is 15.9. The predicted molar refractivity (Wildman–Crippen MR) is 129 cm³/mol. The molecule has 0 spiro atoms. The van der Waals surface area contributed by atoms with Crippen LogP contribution in [0, 0.1) is 0 Å². The van der Waals surface area contributed by atoms with Gasteiger partial charge >= 0.3 is 0 Å². The number of hydrogen-bond acceptors (Lipinski definition) is 7. The lowest BCUT2D eigenvalue weighted by Gasteiger charge is -2.30. The van der Waals surface area contributed by atoms with E-state index in [4.69, 9.17) is 9.72 Å². The summed E-state index contributed by atoms with van der Waals surface area (Å²) in [5.41, 5.74) is 1.90. The van der Waals surface area contributed by atoms with E-state index < -0.39 is 0 Å². The standard InChI is InChI=1S/C24H32N6O3/c1-15(2)26-23(32)16-9-10-18(20(13-16)33-4)27-24-25-14-19-22(28-24)30(17-7-5-6-8-17)12-11-21(31)29(19)3/h9-10,13-15,17H,5-8,11-12H2,1-4H3,(H,26,32)(H,25,27,28). The van der Waals surface area contributed by atoms with E-state index in [9.17, 15) is 9.59 Å². The molecule has 9 heteroatoms. The molecule has 2 amide bonds.